The molecule has 0 spiro atoms. The fourth-order valence-corrected chi connectivity index (χ4v) is 1.33. The van der Waals surface area contributed by atoms with E-state index in [0.29, 0.717) is 6.54 Å². The zero-order valence-corrected chi connectivity index (χ0v) is 8.51. The van der Waals surface area contributed by atoms with Gasteiger partial charge in [-0.1, -0.05) is 0 Å². The van der Waals surface area contributed by atoms with E-state index in [0.717, 1.165) is 11.5 Å². The van der Waals surface area contributed by atoms with Gasteiger partial charge in [0.2, 0.25) is 0 Å². The maximum atomic E-state index is 9.11. The lowest BCUT2D eigenvalue weighted by atomic mass is 10.3. The number of anilines is 1. The minimum Gasteiger partial charge on any atom is -0.508 e. The molecule has 2 rings (SSSR count). The molecule has 1 heterocycles. The molecular weight excluding hydrogens is 190 g/mol. The van der Waals surface area contributed by atoms with Crippen molar-refractivity contribution >= 4 is 5.69 Å². The Bertz CT molecular complexity index is 433. The summed E-state index contributed by atoms with van der Waals surface area (Å²) in [6.45, 7) is 0.675. The molecule has 0 saturated heterocycles. The predicted molar refractivity (Wildman–Crippen MR) is 58.6 cm³/mol. The Hall–Kier alpha value is -1.97. The van der Waals surface area contributed by atoms with Crippen LogP contribution in [-0.4, -0.2) is 14.7 Å². The Morgan fingerprint density at radius 1 is 1.33 bits per heavy atom. The topological polar surface area (TPSA) is 50.1 Å². The van der Waals surface area contributed by atoms with E-state index in [2.05, 4.69) is 10.3 Å². The predicted octanol–water partition coefficient (Wildman–Crippen LogP) is 1.74. The van der Waals surface area contributed by atoms with Crippen molar-refractivity contribution in [1.82, 2.24) is 9.55 Å². The molecule has 0 radical (unpaired) electrons. The first-order valence-corrected chi connectivity index (χ1v) is 4.75. The average molecular weight is 203 g/mol. The number of nitrogens with one attached hydrogen (secondary N) is 1. The highest BCUT2D eigenvalue weighted by Crippen LogP contribution is 2.14. The number of benzene rings is 1. The van der Waals surface area contributed by atoms with E-state index in [9.17, 15) is 0 Å². The Morgan fingerprint density at radius 2 is 2.07 bits per heavy atom. The third kappa shape index (κ3) is 2.28. The number of rotatable bonds is 3. The van der Waals surface area contributed by atoms with Crippen molar-refractivity contribution in [2.75, 3.05) is 5.32 Å². The van der Waals surface area contributed by atoms with Gasteiger partial charge >= 0.3 is 0 Å². The first kappa shape index (κ1) is 9.58. The van der Waals surface area contributed by atoms with Crippen LogP contribution in [0.1, 0.15) is 5.82 Å². The van der Waals surface area contributed by atoms with Crippen molar-refractivity contribution < 1.29 is 5.11 Å². The zero-order valence-electron chi connectivity index (χ0n) is 8.51. The summed E-state index contributed by atoms with van der Waals surface area (Å²) in [6.07, 6.45) is 3.68. The van der Waals surface area contributed by atoms with Crippen LogP contribution in [0.5, 0.6) is 5.75 Å². The van der Waals surface area contributed by atoms with Crippen LogP contribution in [0.25, 0.3) is 0 Å². The molecule has 0 unspecified atom stereocenters. The lowest BCUT2D eigenvalue weighted by Gasteiger charge is -2.06. The summed E-state index contributed by atoms with van der Waals surface area (Å²) < 4.78 is 1.97. The van der Waals surface area contributed by atoms with Crippen molar-refractivity contribution in [2.24, 2.45) is 7.05 Å². The van der Waals surface area contributed by atoms with Crippen LogP contribution in [0, 0.1) is 0 Å². The first-order valence-electron chi connectivity index (χ1n) is 4.75. The molecular formula is C11H13N3O. The fraction of sp³-hybridized carbons (Fsp3) is 0.182. The normalized spacial score (nSPS) is 10.2. The van der Waals surface area contributed by atoms with Gasteiger partial charge in [0.15, 0.2) is 0 Å². The van der Waals surface area contributed by atoms with Gasteiger partial charge in [-0.2, -0.15) is 0 Å². The number of aromatic hydroxyl groups is 1. The minimum atomic E-state index is 0.276. The highest BCUT2D eigenvalue weighted by molar-refractivity contribution is 5.45. The van der Waals surface area contributed by atoms with Crippen LogP contribution < -0.4 is 5.32 Å². The van der Waals surface area contributed by atoms with Gasteiger partial charge in [-0.3, -0.25) is 0 Å². The second-order valence-corrected chi connectivity index (χ2v) is 3.35. The number of aryl methyl sites for hydroxylation is 1. The van der Waals surface area contributed by atoms with Crippen molar-refractivity contribution in [3.05, 3.63) is 42.5 Å². The van der Waals surface area contributed by atoms with E-state index >= 15 is 0 Å². The molecule has 0 aliphatic carbocycles. The highest BCUT2D eigenvalue weighted by Gasteiger charge is 1.98. The molecule has 0 saturated carbocycles. The van der Waals surface area contributed by atoms with E-state index in [4.69, 9.17) is 5.11 Å². The summed E-state index contributed by atoms with van der Waals surface area (Å²) in [5.74, 6) is 1.25. The SMILES string of the molecule is Cn1ccnc1CNc1ccc(O)cc1. The van der Waals surface area contributed by atoms with E-state index in [1.807, 2.05) is 29.9 Å². The van der Waals surface area contributed by atoms with Crippen LogP contribution in [-0.2, 0) is 13.6 Å². The van der Waals surface area contributed by atoms with Gasteiger partial charge in [0.05, 0.1) is 6.54 Å². The van der Waals surface area contributed by atoms with Gasteiger partial charge in [0.25, 0.3) is 0 Å². The molecule has 0 bridgehead atoms. The maximum Gasteiger partial charge on any atom is 0.127 e. The van der Waals surface area contributed by atoms with Crippen LogP contribution in [0.3, 0.4) is 0 Å². The van der Waals surface area contributed by atoms with Gasteiger partial charge in [-0.15, -0.1) is 0 Å². The summed E-state index contributed by atoms with van der Waals surface area (Å²) in [7, 11) is 1.96. The van der Waals surface area contributed by atoms with Crippen molar-refractivity contribution in [3.8, 4) is 5.75 Å². The fourth-order valence-electron chi connectivity index (χ4n) is 1.33. The first-order chi connectivity index (χ1) is 7.25. The largest absolute Gasteiger partial charge is 0.508 e. The average Bonchev–Trinajstić information content (AvgIpc) is 2.63. The van der Waals surface area contributed by atoms with E-state index in [-0.39, 0.29) is 5.75 Å². The van der Waals surface area contributed by atoms with Crippen LogP contribution >= 0.6 is 0 Å². The Morgan fingerprint density at radius 3 is 2.67 bits per heavy atom. The van der Waals surface area contributed by atoms with Gasteiger partial charge in [0.1, 0.15) is 11.6 Å². The number of imidazole rings is 1. The van der Waals surface area contributed by atoms with Gasteiger partial charge in [-0.25, -0.2) is 4.98 Å². The van der Waals surface area contributed by atoms with Crippen LogP contribution in [0.15, 0.2) is 36.7 Å². The van der Waals surface area contributed by atoms with Crippen LogP contribution in [0.2, 0.25) is 0 Å². The standard InChI is InChI=1S/C11H13N3O/c1-14-7-6-12-11(14)8-13-9-2-4-10(15)5-3-9/h2-7,13,15H,8H2,1H3. The summed E-state index contributed by atoms with van der Waals surface area (Å²) in [4.78, 5) is 4.20. The van der Waals surface area contributed by atoms with Gasteiger partial charge in [-0.05, 0) is 24.3 Å². The molecule has 0 amide bonds. The summed E-state index contributed by atoms with van der Waals surface area (Å²) in [5.41, 5.74) is 0.968. The molecule has 0 atom stereocenters. The molecule has 1 aromatic heterocycles. The third-order valence-electron chi connectivity index (χ3n) is 2.24. The third-order valence-corrected chi connectivity index (χ3v) is 2.24. The molecule has 0 aliphatic heterocycles. The smallest absolute Gasteiger partial charge is 0.127 e. The van der Waals surface area contributed by atoms with E-state index in [1.54, 1.807) is 18.3 Å². The Balaban J connectivity index is 1.99. The number of nitrogens with zero attached hydrogens (tertiary/aromatic N) is 2. The number of phenols is 1. The second-order valence-electron chi connectivity index (χ2n) is 3.35. The van der Waals surface area contributed by atoms with E-state index < -0.39 is 0 Å². The molecule has 1 aromatic carbocycles. The molecule has 78 valence electrons. The molecule has 4 nitrogen and oxygen atoms in total. The Kier molecular flexibility index (Phi) is 2.58. The van der Waals surface area contributed by atoms with Gasteiger partial charge in [0, 0.05) is 25.1 Å². The summed E-state index contributed by atoms with van der Waals surface area (Å²) in [6, 6.07) is 6.97. The van der Waals surface area contributed by atoms with E-state index in [1.165, 1.54) is 0 Å². The van der Waals surface area contributed by atoms with Crippen LogP contribution in [0.4, 0.5) is 5.69 Å². The minimum absolute atomic E-state index is 0.276. The number of aromatic nitrogens is 2. The molecule has 4 heteroatoms. The molecule has 0 fully saturated rings. The number of hydrogen-bond donors (Lipinski definition) is 2. The Labute approximate surface area is 88.2 Å². The molecule has 2 N–H and O–H groups in total. The van der Waals surface area contributed by atoms with Crippen molar-refractivity contribution in [3.63, 3.8) is 0 Å². The number of phenolic OH excluding ortho intramolecular Hbond substituents is 1. The van der Waals surface area contributed by atoms with Gasteiger partial charge < -0.3 is 15.0 Å². The molecule has 15 heavy (non-hydrogen) atoms. The molecule has 2 aromatic rings. The maximum absolute atomic E-state index is 9.11. The second kappa shape index (κ2) is 4.04. The highest BCUT2D eigenvalue weighted by atomic mass is 16.3. The van der Waals surface area contributed by atoms with Crippen molar-refractivity contribution in [1.29, 1.82) is 0 Å². The number of hydrogen-bond acceptors (Lipinski definition) is 3. The summed E-state index contributed by atoms with van der Waals surface area (Å²) in [5, 5.41) is 12.3. The lowest BCUT2D eigenvalue weighted by Crippen LogP contribution is -2.05. The van der Waals surface area contributed by atoms with Crippen molar-refractivity contribution in [2.45, 2.75) is 6.54 Å². The lowest BCUT2D eigenvalue weighted by molar-refractivity contribution is 0.475. The molecule has 0 aliphatic rings. The monoisotopic (exact) mass is 203 g/mol. The summed E-state index contributed by atoms with van der Waals surface area (Å²) >= 11 is 0. The zero-order chi connectivity index (χ0) is 10.7. The quantitative estimate of drug-likeness (QED) is 0.747.